The number of ketones is 1. The van der Waals surface area contributed by atoms with Crippen LogP contribution in [0.2, 0.25) is 0 Å². The molecule has 0 aliphatic heterocycles. The van der Waals surface area contributed by atoms with Crippen LogP contribution >= 0.6 is 0 Å². The minimum absolute atomic E-state index is 0.143. The van der Waals surface area contributed by atoms with Gasteiger partial charge in [0.15, 0.2) is 5.79 Å². The standard InChI is InChI=1S/C14H24O6S/c1-13-7-8-14(18-2,19-3)9-10(13)11(15)5-6-12(13)20-21(4,16)17/h10,12H,5-9H2,1-4H3/t10-,12+,13+/m0/s1. The molecule has 122 valence electrons. The Hall–Kier alpha value is -0.500. The largest absolute Gasteiger partial charge is 0.353 e. The Morgan fingerprint density at radius 1 is 1.19 bits per heavy atom. The van der Waals surface area contributed by atoms with Crippen molar-refractivity contribution in [1.29, 1.82) is 0 Å². The maximum atomic E-state index is 12.3. The van der Waals surface area contributed by atoms with E-state index in [1.807, 2.05) is 6.92 Å². The van der Waals surface area contributed by atoms with E-state index >= 15 is 0 Å². The molecule has 0 spiro atoms. The third-order valence-electron chi connectivity index (χ3n) is 5.17. The van der Waals surface area contributed by atoms with Crippen molar-refractivity contribution < 1.29 is 26.9 Å². The third-order valence-corrected chi connectivity index (χ3v) is 5.75. The highest BCUT2D eigenvalue weighted by Gasteiger charge is 2.56. The van der Waals surface area contributed by atoms with Gasteiger partial charge in [0.25, 0.3) is 10.1 Å². The van der Waals surface area contributed by atoms with Gasteiger partial charge in [0.2, 0.25) is 0 Å². The van der Waals surface area contributed by atoms with Crippen LogP contribution in [0.3, 0.4) is 0 Å². The van der Waals surface area contributed by atoms with E-state index in [9.17, 15) is 13.2 Å². The van der Waals surface area contributed by atoms with Gasteiger partial charge in [-0.15, -0.1) is 0 Å². The first-order chi connectivity index (χ1) is 9.66. The Bertz CT molecular complexity index is 510. The van der Waals surface area contributed by atoms with Crippen LogP contribution in [0.5, 0.6) is 0 Å². The molecule has 2 rings (SSSR count). The summed E-state index contributed by atoms with van der Waals surface area (Å²) in [5, 5.41) is 0. The number of carbonyl (C=O) groups is 1. The zero-order valence-corrected chi connectivity index (χ0v) is 13.9. The van der Waals surface area contributed by atoms with E-state index in [1.165, 1.54) is 0 Å². The summed E-state index contributed by atoms with van der Waals surface area (Å²) in [5.41, 5.74) is -0.487. The predicted molar refractivity (Wildman–Crippen MR) is 76.2 cm³/mol. The normalized spacial score (nSPS) is 36.3. The molecule has 0 radical (unpaired) electrons. The molecule has 0 heterocycles. The summed E-state index contributed by atoms with van der Waals surface area (Å²) < 4.78 is 39.2. The molecule has 3 atom stereocenters. The maximum absolute atomic E-state index is 12.3. The van der Waals surface area contributed by atoms with E-state index in [2.05, 4.69) is 0 Å². The molecule has 2 aliphatic rings. The fourth-order valence-electron chi connectivity index (χ4n) is 3.75. The van der Waals surface area contributed by atoms with Crippen molar-refractivity contribution in [3.63, 3.8) is 0 Å². The van der Waals surface area contributed by atoms with Gasteiger partial charge in [0.05, 0.1) is 12.4 Å². The van der Waals surface area contributed by atoms with E-state index in [1.54, 1.807) is 14.2 Å². The number of ether oxygens (including phenoxy) is 2. The molecule has 0 bridgehead atoms. The summed E-state index contributed by atoms with van der Waals surface area (Å²) in [6.07, 6.45) is 3.07. The molecule has 0 aromatic carbocycles. The van der Waals surface area contributed by atoms with Gasteiger partial charge in [0, 0.05) is 44.8 Å². The van der Waals surface area contributed by atoms with Crippen molar-refractivity contribution in [2.24, 2.45) is 11.3 Å². The van der Waals surface area contributed by atoms with Crippen molar-refractivity contribution in [2.45, 2.75) is 50.9 Å². The first-order valence-corrected chi connectivity index (χ1v) is 8.99. The fraction of sp³-hybridized carbons (Fsp3) is 0.929. The molecule has 0 N–H and O–H groups in total. The summed E-state index contributed by atoms with van der Waals surface area (Å²) in [4.78, 5) is 12.3. The molecule has 0 saturated heterocycles. The zero-order chi connectivity index (χ0) is 15.9. The average Bonchev–Trinajstić information content (AvgIpc) is 2.42. The van der Waals surface area contributed by atoms with Gasteiger partial charge in [-0.25, -0.2) is 0 Å². The number of methoxy groups -OCH3 is 2. The van der Waals surface area contributed by atoms with Crippen LogP contribution in [0.4, 0.5) is 0 Å². The molecule has 21 heavy (non-hydrogen) atoms. The minimum Gasteiger partial charge on any atom is -0.353 e. The highest BCUT2D eigenvalue weighted by Crippen LogP contribution is 2.53. The van der Waals surface area contributed by atoms with E-state index in [-0.39, 0.29) is 11.7 Å². The predicted octanol–water partition coefficient (Wildman–Crippen LogP) is 1.49. The van der Waals surface area contributed by atoms with Gasteiger partial charge in [-0.05, 0) is 12.8 Å². The van der Waals surface area contributed by atoms with Crippen molar-refractivity contribution in [2.75, 3.05) is 20.5 Å². The second-order valence-electron chi connectivity index (χ2n) is 6.38. The van der Waals surface area contributed by atoms with Crippen molar-refractivity contribution in [3.05, 3.63) is 0 Å². The van der Waals surface area contributed by atoms with Crippen LogP contribution in [0.25, 0.3) is 0 Å². The number of fused-ring (bicyclic) bond motifs is 1. The number of hydrogen-bond acceptors (Lipinski definition) is 6. The van der Waals surface area contributed by atoms with Crippen LogP contribution in [0.15, 0.2) is 0 Å². The van der Waals surface area contributed by atoms with Crippen LogP contribution in [0, 0.1) is 11.3 Å². The van der Waals surface area contributed by atoms with E-state index in [4.69, 9.17) is 13.7 Å². The minimum atomic E-state index is -3.54. The van der Waals surface area contributed by atoms with Gasteiger partial charge in [-0.3, -0.25) is 8.98 Å². The molecule has 0 amide bonds. The topological polar surface area (TPSA) is 78.9 Å². The maximum Gasteiger partial charge on any atom is 0.264 e. The van der Waals surface area contributed by atoms with Crippen LogP contribution in [0.1, 0.15) is 39.0 Å². The first-order valence-electron chi connectivity index (χ1n) is 7.17. The number of Topliss-reactive ketones (excluding diaryl/α,β-unsaturated/α-hetero) is 1. The highest BCUT2D eigenvalue weighted by atomic mass is 32.2. The Morgan fingerprint density at radius 3 is 2.33 bits per heavy atom. The lowest BCUT2D eigenvalue weighted by Crippen LogP contribution is -2.56. The first kappa shape index (κ1) is 16.9. The molecule has 0 aromatic rings. The molecule has 2 fully saturated rings. The van der Waals surface area contributed by atoms with Gasteiger partial charge in [0.1, 0.15) is 5.78 Å². The van der Waals surface area contributed by atoms with Crippen LogP contribution < -0.4 is 0 Å². The van der Waals surface area contributed by atoms with E-state index in [0.29, 0.717) is 32.1 Å². The van der Waals surface area contributed by atoms with Gasteiger partial charge >= 0.3 is 0 Å². The molecule has 0 aromatic heterocycles. The van der Waals surface area contributed by atoms with Crippen molar-refractivity contribution >= 4 is 15.9 Å². The second kappa shape index (κ2) is 5.61. The van der Waals surface area contributed by atoms with Crippen LogP contribution in [-0.2, 0) is 28.6 Å². The summed E-state index contributed by atoms with van der Waals surface area (Å²) in [7, 11) is -0.397. The molecule has 2 aliphatic carbocycles. The van der Waals surface area contributed by atoms with E-state index in [0.717, 1.165) is 6.26 Å². The lowest BCUT2D eigenvalue weighted by molar-refractivity contribution is -0.252. The lowest BCUT2D eigenvalue weighted by atomic mass is 9.57. The SMILES string of the molecule is COC1(OC)CC[C@@]2(C)[C@H](OS(C)(=O)=O)CCC(=O)[C@@H]2C1. The van der Waals surface area contributed by atoms with Gasteiger partial charge < -0.3 is 9.47 Å². The molecule has 0 unspecified atom stereocenters. The quantitative estimate of drug-likeness (QED) is 0.577. The molecule has 6 nitrogen and oxygen atoms in total. The number of carbonyl (C=O) groups excluding carboxylic acids is 1. The Labute approximate surface area is 126 Å². The molecule has 7 heteroatoms. The Morgan fingerprint density at radius 2 is 1.81 bits per heavy atom. The lowest BCUT2D eigenvalue weighted by Gasteiger charge is -2.52. The summed E-state index contributed by atoms with van der Waals surface area (Å²) >= 11 is 0. The number of hydrogen-bond donors (Lipinski definition) is 0. The Balaban J connectivity index is 2.29. The zero-order valence-electron chi connectivity index (χ0n) is 13.0. The monoisotopic (exact) mass is 320 g/mol. The van der Waals surface area contributed by atoms with Gasteiger partial charge in [-0.1, -0.05) is 6.92 Å². The molecular formula is C14H24O6S. The Kier molecular flexibility index (Phi) is 4.50. The molecular weight excluding hydrogens is 296 g/mol. The second-order valence-corrected chi connectivity index (χ2v) is 7.98. The van der Waals surface area contributed by atoms with Crippen molar-refractivity contribution in [1.82, 2.24) is 0 Å². The molecule has 2 saturated carbocycles. The average molecular weight is 320 g/mol. The van der Waals surface area contributed by atoms with Gasteiger partial charge in [-0.2, -0.15) is 8.42 Å². The highest BCUT2D eigenvalue weighted by molar-refractivity contribution is 7.86. The third kappa shape index (κ3) is 3.16. The smallest absolute Gasteiger partial charge is 0.264 e. The van der Waals surface area contributed by atoms with Crippen molar-refractivity contribution in [3.8, 4) is 0 Å². The number of rotatable bonds is 4. The summed E-state index contributed by atoms with van der Waals surface area (Å²) in [6.45, 7) is 1.94. The van der Waals surface area contributed by atoms with Crippen LogP contribution in [-0.4, -0.2) is 46.6 Å². The summed E-state index contributed by atoms with van der Waals surface area (Å²) in [6, 6.07) is 0. The fourth-order valence-corrected chi connectivity index (χ4v) is 4.49. The van der Waals surface area contributed by atoms with E-state index < -0.39 is 27.4 Å². The summed E-state index contributed by atoms with van der Waals surface area (Å²) in [5.74, 6) is -0.914.